The number of anilines is 1. The first-order valence-corrected chi connectivity index (χ1v) is 10.5. The highest BCUT2D eigenvalue weighted by Crippen LogP contribution is 2.37. The number of rotatable bonds is 5. The molecule has 2 aromatic carbocycles. The molecule has 0 amide bonds. The van der Waals surface area contributed by atoms with Crippen molar-refractivity contribution in [2.24, 2.45) is 5.92 Å². The molecular formula is C23H28ClNOS. The van der Waals surface area contributed by atoms with Gasteiger partial charge in [0.25, 0.3) is 0 Å². The lowest BCUT2D eigenvalue weighted by Gasteiger charge is -2.29. The monoisotopic (exact) mass is 401 g/mol. The molecule has 2 N–H and O–H groups in total. The van der Waals surface area contributed by atoms with E-state index in [1.165, 1.54) is 31.2 Å². The van der Waals surface area contributed by atoms with E-state index in [1.54, 1.807) is 0 Å². The molecule has 0 aliphatic heterocycles. The molecule has 0 bridgehead atoms. The summed E-state index contributed by atoms with van der Waals surface area (Å²) in [7, 11) is 0. The second-order valence-electron chi connectivity index (χ2n) is 8.16. The maximum Gasteiger partial charge on any atom is 0.0840 e. The van der Waals surface area contributed by atoms with Gasteiger partial charge in [-0.1, -0.05) is 54.2 Å². The van der Waals surface area contributed by atoms with Crippen LogP contribution in [0.4, 0.5) is 5.69 Å². The topological polar surface area (TPSA) is 32.3 Å². The summed E-state index contributed by atoms with van der Waals surface area (Å²) in [6, 6.07) is 16.2. The summed E-state index contributed by atoms with van der Waals surface area (Å²) in [5.74, 6) is 1.27. The van der Waals surface area contributed by atoms with E-state index < -0.39 is 5.60 Å². The number of benzene rings is 2. The Hall–Kier alpha value is -1.42. The highest BCUT2D eigenvalue weighted by atomic mass is 35.5. The zero-order valence-corrected chi connectivity index (χ0v) is 17.6. The predicted octanol–water partition coefficient (Wildman–Crippen LogP) is 6.67. The second kappa shape index (κ2) is 8.72. The van der Waals surface area contributed by atoms with Crippen molar-refractivity contribution in [3.05, 3.63) is 64.7 Å². The van der Waals surface area contributed by atoms with Crippen LogP contribution < -0.4 is 5.32 Å². The molecule has 4 heteroatoms. The Kier molecular flexibility index (Phi) is 6.56. The van der Waals surface area contributed by atoms with Crippen LogP contribution in [0, 0.1) is 5.92 Å². The SMILES string of the molecule is CC(C)(O)c1ccc(C2CCC(CC(=S)Nc3cccc(Cl)c3)CC2)cc1. The summed E-state index contributed by atoms with van der Waals surface area (Å²) in [6.45, 7) is 3.65. The third-order valence-electron chi connectivity index (χ3n) is 5.52. The van der Waals surface area contributed by atoms with E-state index in [9.17, 15) is 5.11 Å². The summed E-state index contributed by atoms with van der Waals surface area (Å²) >= 11 is 11.6. The number of nitrogens with one attached hydrogen (secondary N) is 1. The van der Waals surface area contributed by atoms with Gasteiger partial charge >= 0.3 is 0 Å². The predicted molar refractivity (Wildman–Crippen MR) is 119 cm³/mol. The first-order valence-electron chi connectivity index (χ1n) is 9.69. The van der Waals surface area contributed by atoms with Crippen LogP contribution in [-0.4, -0.2) is 10.1 Å². The molecule has 0 unspecified atom stereocenters. The van der Waals surface area contributed by atoms with E-state index >= 15 is 0 Å². The Morgan fingerprint density at radius 1 is 1.11 bits per heavy atom. The minimum absolute atomic E-state index is 0.617. The van der Waals surface area contributed by atoms with E-state index in [-0.39, 0.29) is 0 Å². The van der Waals surface area contributed by atoms with E-state index in [2.05, 4.69) is 29.6 Å². The molecule has 2 aromatic rings. The number of hydrogen-bond acceptors (Lipinski definition) is 2. The average Bonchev–Trinajstić information content (AvgIpc) is 2.62. The molecule has 3 rings (SSSR count). The van der Waals surface area contributed by atoms with E-state index in [4.69, 9.17) is 23.8 Å². The molecule has 1 saturated carbocycles. The van der Waals surface area contributed by atoms with Crippen molar-refractivity contribution in [3.8, 4) is 0 Å². The van der Waals surface area contributed by atoms with Gasteiger partial charge in [0.2, 0.25) is 0 Å². The normalized spacial score (nSPS) is 20.3. The zero-order chi connectivity index (χ0) is 19.4. The number of halogens is 1. The van der Waals surface area contributed by atoms with Crippen LogP contribution in [0.15, 0.2) is 48.5 Å². The first-order chi connectivity index (χ1) is 12.8. The lowest BCUT2D eigenvalue weighted by Crippen LogP contribution is -2.19. The molecule has 0 aromatic heterocycles. The molecule has 0 atom stereocenters. The van der Waals surface area contributed by atoms with Gasteiger partial charge in [0.15, 0.2) is 0 Å². The molecule has 0 heterocycles. The Balaban J connectivity index is 1.49. The van der Waals surface area contributed by atoms with Crippen molar-refractivity contribution in [1.29, 1.82) is 0 Å². The lowest BCUT2D eigenvalue weighted by atomic mass is 9.77. The van der Waals surface area contributed by atoms with Crippen molar-refractivity contribution < 1.29 is 5.11 Å². The van der Waals surface area contributed by atoms with Crippen molar-refractivity contribution in [1.82, 2.24) is 0 Å². The van der Waals surface area contributed by atoms with Gasteiger partial charge in [-0.2, -0.15) is 0 Å². The third kappa shape index (κ3) is 5.78. The Morgan fingerprint density at radius 3 is 2.37 bits per heavy atom. The largest absolute Gasteiger partial charge is 0.386 e. The maximum atomic E-state index is 10.1. The molecule has 1 aliphatic carbocycles. The van der Waals surface area contributed by atoms with Gasteiger partial charge in [-0.25, -0.2) is 0 Å². The van der Waals surface area contributed by atoms with Crippen LogP contribution in [0.2, 0.25) is 5.02 Å². The Labute approximate surface area is 173 Å². The first kappa shape index (κ1) is 20.3. The van der Waals surface area contributed by atoms with Gasteiger partial charge in [0.05, 0.1) is 10.6 Å². The van der Waals surface area contributed by atoms with Crippen LogP contribution in [0.25, 0.3) is 0 Å². The molecule has 1 aliphatic rings. The van der Waals surface area contributed by atoms with Crippen LogP contribution in [0.1, 0.15) is 63.0 Å². The summed E-state index contributed by atoms with van der Waals surface area (Å²) in [5.41, 5.74) is 2.55. The van der Waals surface area contributed by atoms with Crippen molar-refractivity contribution in [2.45, 2.75) is 57.5 Å². The smallest absolute Gasteiger partial charge is 0.0840 e. The zero-order valence-electron chi connectivity index (χ0n) is 16.0. The molecule has 0 spiro atoms. The van der Waals surface area contributed by atoms with Crippen LogP contribution >= 0.6 is 23.8 Å². The molecule has 27 heavy (non-hydrogen) atoms. The minimum Gasteiger partial charge on any atom is -0.386 e. The number of hydrogen-bond donors (Lipinski definition) is 2. The van der Waals surface area contributed by atoms with Crippen LogP contribution in [0.3, 0.4) is 0 Å². The average molecular weight is 402 g/mol. The van der Waals surface area contributed by atoms with Gasteiger partial charge in [-0.05, 0) is 80.7 Å². The summed E-state index contributed by atoms with van der Waals surface area (Å²) in [4.78, 5) is 0.898. The number of thiocarbonyl (C=S) groups is 1. The fourth-order valence-electron chi connectivity index (χ4n) is 3.90. The van der Waals surface area contributed by atoms with Crippen LogP contribution in [-0.2, 0) is 5.60 Å². The molecule has 0 saturated heterocycles. The maximum absolute atomic E-state index is 10.1. The van der Waals surface area contributed by atoms with Gasteiger partial charge in [0, 0.05) is 17.1 Å². The highest BCUT2D eigenvalue weighted by Gasteiger charge is 2.24. The molecular weight excluding hydrogens is 374 g/mol. The van der Waals surface area contributed by atoms with Crippen molar-refractivity contribution in [2.75, 3.05) is 5.32 Å². The standard InChI is InChI=1S/C23H28ClNOS/c1-23(2,26)19-12-10-18(11-13-19)17-8-6-16(7-9-17)14-22(27)25-21-5-3-4-20(24)15-21/h3-5,10-13,15-17,26H,6-9,14H2,1-2H3,(H,25,27). The minimum atomic E-state index is -0.776. The van der Waals surface area contributed by atoms with Crippen LogP contribution in [0.5, 0.6) is 0 Å². The lowest BCUT2D eigenvalue weighted by molar-refractivity contribution is 0.0786. The van der Waals surface area contributed by atoms with E-state index in [1.807, 2.05) is 38.1 Å². The van der Waals surface area contributed by atoms with Gasteiger partial charge < -0.3 is 10.4 Å². The third-order valence-corrected chi connectivity index (χ3v) is 6.02. The molecule has 2 nitrogen and oxygen atoms in total. The molecule has 144 valence electrons. The van der Waals surface area contributed by atoms with Gasteiger partial charge in [-0.3, -0.25) is 0 Å². The Morgan fingerprint density at radius 2 is 1.78 bits per heavy atom. The van der Waals surface area contributed by atoms with Gasteiger partial charge in [0.1, 0.15) is 0 Å². The fourth-order valence-corrected chi connectivity index (χ4v) is 4.45. The summed E-state index contributed by atoms with van der Waals surface area (Å²) in [5, 5.41) is 14.1. The summed E-state index contributed by atoms with van der Waals surface area (Å²) < 4.78 is 0. The Bertz CT molecular complexity index is 774. The molecule has 0 radical (unpaired) electrons. The quantitative estimate of drug-likeness (QED) is 0.548. The van der Waals surface area contributed by atoms with Gasteiger partial charge in [-0.15, -0.1) is 0 Å². The van der Waals surface area contributed by atoms with Crippen molar-refractivity contribution in [3.63, 3.8) is 0 Å². The van der Waals surface area contributed by atoms with Crippen molar-refractivity contribution >= 4 is 34.5 Å². The number of aliphatic hydroxyl groups is 1. The van der Waals surface area contributed by atoms with E-state index in [0.29, 0.717) is 11.8 Å². The second-order valence-corrected chi connectivity index (χ2v) is 9.09. The summed E-state index contributed by atoms with van der Waals surface area (Å²) in [6.07, 6.45) is 5.75. The fraction of sp³-hybridized carbons (Fsp3) is 0.435. The highest BCUT2D eigenvalue weighted by molar-refractivity contribution is 7.80. The van der Waals surface area contributed by atoms with E-state index in [0.717, 1.165) is 27.7 Å². The molecule has 1 fully saturated rings.